The molecule has 1 aliphatic carbocycles. The fraction of sp³-hybridized carbons (Fsp3) is 1.00. The molecule has 1 unspecified atom stereocenters. The van der Waals surface area contributed by atoms with Gasteiger partial charge in [-0.1, -0.05) is 19.8 Å². The monoisotopic (exact) mass is 242 g/mol. The first-order chi connectivity index (χ1) is 7.84. The Morgan fingerprint density at radius 2 is 2.12 bits per heavy atom. The molecule has 0 bridgehead atoms. The standard InChI is InChI=1S/C13H26N2S/c1-12-11-15(8-9-16-12)7-6-14-10-13-4-2-3-5-13/h12-14H,2-11H2,1H3. The molecule has 2 rings (SSSR count). The summed E-state index contributed by atoms with van der Waals surface area (Å²) in [6.07, 6.45) is 5.86. The van der Waals surface area contributed by atoms with E-state index in [1.807, 2.05) is 0 Å². The first-order valence-corrected chi connectivity index (χ1v) is 7.94. The van der Waals surface area contributed by atoms with E-state index in [9.17, 15) is 0 Å². The molecule has 0 spiro atoms. The van der Waals surface area contributed by atoms with Gasteiger partial charge in [-0.25, -0.2) is 0 Å². The highest BCUT2D eigenvalue weighted by atomic mass is 32.2. The molecule has 0 radical (unpaired) electrons. The van der Waals surface area contributed by atoms with Crippen molar-refractivity contribution in [3.05, 3.63) is 0 Å². The first kappa shape index (κ1) is 12.7. The predicted molar refractivity (Wildman–Crippen MR) is 73.2 cm³/mol. The highest BCUT2D eigenvalue weighted by Crippen LogP contribution is 2.23. The summed E-state index contributed by atoms with van der Waals surface area (Å²) in [5.41, 5.74) is 0. The largest absolute Gasteiger partial charge is 0.315 e. The number of hydrogen-bond donors (Lipinski definition) is 1. The molecule has 1 N–H and O–H groups in total. The van der Waals surface area contributed by atoms with Crippen molar-refractivity contribution < 1.29 is 0 Å². The predicted octanol–water partition coefficient (Wildman–Crippen LogP) is 2.20. The van der Waals surface area contributed by atoms with E-state index in [4.69, 9.17) is 0 Å². The molecule has 2 nitrogen and oxygen atoms in total. The normalized spacial score (nSPS) is 28.7. The van der Waals surface area contributed by atoms with Crippen LogP contribution in [0, 0.1) is 5.92 Å². The SMILES string of the molecule is CC1CN(CCNCC2CCCC2)CCS1. The lowest BCUT2D eigenvalue weighted by atomic mass is 10.1. The average molecular weight is 242 g/mol. The van der Waals surface area contributed by atoms with Crippen molar-refractivity contribution in [2.45, 2.75) is 37.9 Å². The van der Waals surface area contributed by atoms with Gasteiger partial charge in [0.15, 0.2) is 0 Å². The molecule has 1 saturated carbocycles. The zero-order valence-corrected chi connectivity index (χ0v) is 11.4. The highest BCUT2D eigenvalue weighted by molar-refractivity contribution is 7.99. The van der Waals surface area contributed by atoms with E-state index in [2.05, 4.69) is 28.9 Å². The van der Waals surface area contributed by atoms with E-state index in [1.54, 1.807) is 0 Å². The van der Waals surface area contributed by atoms with Gasteiger partial charge in [0, 0.05) is 37.2 Å². The Morgan fingerprint density at radius 3 is 2.88 bits per heavy atom. The molecule has 16 heavy (non-hydrogen) atoms. The van der Waals surface area contributed by atoms with Crippen LogP contribution in [0.5, 0.6) is 0 Å². The van der Waals surface area contributed by atoms with Crippen molar-refractivity contribution in [3.8, 4) is 0 Å². The van der Waals surface area contributed by atoms with Crippen LogP contribution in [0.15, 0.2) is 0 Å². The zero-order chi connectivity index (χ0) is 11.2. The molecule has 0 amide bonds. The molecule has 2 fully saturated rings. The molecule has 0 aromatic rings. The van der Waals surface area contributed by atoms with Crippen LogP contribution in [-0.4, -0.2) is 48.6 Å². The van der Waals surface area contributed by atoms with E-state index in [0.29, 0.717) is 0 Å². The number of nitrogens with zero attached hydrogens (tertiary/aromatic N) is 1. The van der Waals surface area contributed by atoms with Gasteiger partial charge in [0.2, 0.25) is 0 Å². The Bertz CT molecular complexity index is 192. The number of rotatable bonds is 5. The van der Waals surface area contributed by atoms with Gasteiger partial charge in [0.05, 0.1) is 0 Å². The number of nitrogens with one attached hydrogen (secondary N) is 1. The van der Waals surface area contributed by atoms with Gasteiger partial charge in [0.1, 0.15) is 0 Å². The Balaban J connectivity index is 1.50. The van der Waals surface area contributed by atoms with E-state index >= 15 is 0 Å². The van der Waals surface area contributed by atoms with Crippen molar-refractivity contribution in [1.29, 1.82) is 0 Å². The van der Waals surface area contributed by atoms with Crippen molar-refractivity contribution in [1.82, 2.24) is 10.2 Å². The molecular weight excluding hydrogens is 216 g/mol. The molecule has 1 heterocycles. The Hall–Kier alpha value is 0.270. The van der Waals surface area contributed by atoms with Crippen LogP contribution in [0.25, 0.3) is 0 Å². The Labute approximate surface area is 105 Å². The maximum absolute atomic E-state index is 3.64. The minimum atomic E-state index is 0.837. The lowest BCUT2D eigenvalue weighted by molar-refractivity contribution is 0.283. The second-order valence-corrected chi connectivity index (χ2v) is 6.88. The summed E-state index contributed by atoms with van der Waals surface area (Å²) in [5.74, 6) is 2.31. The first-order valence-electron chi connectivity index (χ1n) is 6.89. The van der Waals surface area contributed by atoms with E-state index in [-0.39, 0.29) is 0 Å². The molecular formula is C13H26N2S. The minimum Gasteiger partial charge on any atom is -0.315 e. The van der Waals surface area contributed by atoms with Crippen LogP contribution in [-0.2, 0) is 0 Å². The zero-order valence-electron chi connectivity index (χ0n) is 10.6. The minimum absolute atomic E-state index is 0.837. The van der Waals surface area contributed by atoms with Crippen molar-refractivity contribution >= 4 is 11.8 Å². The van der Waals surface area contributed by atoms with Crippen molar-refractivity contribution in [2.75, 3.05) is 38.5 Å². The average Bonchev–Trinajstić information content (AvgIpc) is 2.77. The summed E-state index contributed by atoms with van der Waals surface area (Å²) >= 11 is 2.12. The second kappa shape index (κ2) is 6.87. The second-order valence-electron chi connectivity index (χ2n) is 5.34. The quantitative estimate of drug-likeness (QED) is 0.744. The summed E-state index contributed by atoms with van der Waals surface area (Å²) in [4.78, 5) is 2.61. The Kier molecular flexibility index (Phi) is 5.46. The molecule has 1 atom stereocenters. The van der Waals surface area contributed by atoms with Crippen LogP contribution in [0.3, 0.4) is 0 Å². The van der Waals surface area contributed by atoms with Crippen molar-refractivity contribution in [2.24, 2.45) is 5.92 Å². The van der Waals surface area contributed by atoms with Gasteiger partial charge < -0.3 is 10.2 Å². The van der Waals surface area contributed by atoms with Crippen molar-refractivity contribution in [3.63, 3.8) is 0 Å². The van der Waals surface area contributed by atoms with Gasteiger partial charge in [-0.05, 0) is 25.3 Å². The summed E-state index contributed by atoms with van der Waals surface area (Å²) in [5, 5.41) is 4.48. The number of thioether (sulfide) groups is 1. The summed E-state index contributed by atoms with van der Waals surface area (Å²) in [6, 6.07) is 0. The third-order valence-electron chi connectivity index (χ3n) is 3.84. The third kappa shape index (κ3) is 4.27. The summed E-state index contributed by atoms with van der Waals surface area (Å²) in [7, 11) is 0. The van der Waals surface area contributed by atoms with Crippen LogP contribution >= 0.6 is 11.8 Å². The summed E-state index contributed by atoms with van der Waals surface area (Å²) in [6.45, 7) is 8.63. The fourth-order valence-electron chi connectivity index (χ4n) is 2.85. The van der Waals surface area contributed by atoms with Gasteiger partial charge in [-0.3, -0.25) is 0 Å². The third-order valence-corrected chi connectivity index (χ3v) is 4.97. The maximum atomic E-state index is 3.64. The topological polar surface area (TPSA) is 15.3 Å². The van der Waals surface area contributed by atoms with Crippen LogP contribution in [0.1, 0.15) is 32.6 Å². The lowest BCUT2D eigenvalue weighted by Crippen LogP contribution is -2.41. The highest BCUT2D eigenvalue weighted by Gasteiger charge is 2.17. The van der Waals surface area contributed by atoms with Gasteiger partial charge >= 0.3 is 0 Å². The van der Waals surface area contributed by atoms with E-state index in [0.717, 1.165) is 11.2 Å². The number of hydrogen-bond acceptors (Lipinski definition) is 3. The molecule has 0 aromatic heterocycles. The fourth-order valence-corrected chi connectivity index (χ4v) is 3.93. The molecule has 1 aliphatic heterocycles. The smallest absolute Gasteiger partial charge is 0.0147 e. The molecule has 94 valence electrons. The van der Waals surface area contributed by atoms with Gasteiger partial charge in [0.25, 0.3) is 0 Å². The summed E-state index contributed by atoms with van der Waals surface area (Å²) < 4.78 is 0. The molecule has 0 aromatic carbocycles. The molecule has 3 heteroatoms. The maximum Gasteiger partial charge on any atom is 0.0147 e. The molecule has 1 saturated heterocycles. The van der Waals surface area contributed by atoms with E-state index < -0.39 is 0 Å². The van der Waals surface area contributed by atoms with Crippen LogP contribution in [0.4, 0.5) is 0 Å². The van der Waals surface area contributed by atoms with Crippen LogP contribution < -0.4 is 5.32 Å². The Morgan fingerprint density at radius 1 is 1.31 bits per heavy atom. The van der Waals surface area contributed by atoms with Gasteiger partial charge in [-0.15, -0.1) is 0 Å². The lowest BCUT2D eigenvalue weighted by Gasteiger charge is -2.30. The van der Waals surface area contributed by atoms with Gasteiger partial charge in [-0.2, -0.15) is 11.8 Å². The molecule has 2 aliphatic rings. The van der Waals surface area contributed by atoms with E-state index in [1.165, 1.54) is 64.2 Å². The van der Waals surface area contributed by atoms with Crippen LogP contribution in [0.2, 0.25) is 0 Å².